The van der Waals surface area contributed by atoms with Crippen molar-refractivity contribution in [1.29, 1.82) is 5.26 Å². The fourth-order valence-corrected chi connectivity index (χ4v) is 1.48. The van der Waals surface area contributed by atoms with Gasteiger partial charge in [-0.2, -0.15) is 5.26 Å². The molecule has 0 aliphatic rings. The Morgan fingerprint density at radius 1 is 1.37 bits per heavy atom. The largest absolute Gasteiger partial charge is 0.480 e. The fraction of sp³-hybridized carbons (Fsp3) is 0.357. The van der Waals surface area contributed by atoms with Crippen molar-refractivity contribution in [2.75, 3.05) is 0 Å². The number of nitriles is 1. The molecule has 5 heteroatoms. The van der Waals surface area contributed by atoms with Crippen LogP contribution in [0.4, 0.5) is 0 Å². The summed E-state index contributed by atoms with van der Waals surface area (Å²) in [5.74, 6) is -1.50. The minimum Gasteiger partial charge on any atom is -0.480 e. The van der Waals surface area contributed by atoms with E-state index in [0.717, 1.165) is 5.56 Å². The molecule has 1 atom stereocenters. The molecule has 1 aromatic rings. The van der Waals surface area contributed by atoms with Crippen molar-refractivity contribution in [2.45, 2.75) is 32.2 Å². The van der Waals surface area contributed by atoms with Crippen LogP contribution in [0.5, 0.6) is 0 Å². The standard InChI is InChI=1S/C14H16N2O3/c1-3-14(2,13(18)19)16-12(17)11-6-4-10(5-7-11)8-9-15/h4-7H,3,8H2,1-2H3,(H,16,17)(H,18,19). The molecule has 0 heterocycles. The van der Waals surface area contributed by atoms with Crippen molar-refractivity contribution < 1.29 is 14.7 Å². The third kappa shape index (κ3) is 3.55. The number of amides is 1. The molecule has 1 amide bonds. The Bertz CT molecular complexity index is 516. The van der Waals surface area contributed by atoms with Gasteiger partial charge >= 0.3 is 5.97 Å². The molecule has 100 valence electrons. The van der Waals surface area contributed by atoms with Crippen molar-refractivity contribution in [1.82, 2.24) is 5.32 Å². The first-order valence-corrected chi connectivity index (χ1v) is 5.94. The van der Waals surface area contributed by atoms with Gasteiger partial charge in [0, 0.05) is 5.56 Å². The van der Waals surface area contributed by atoms with Gasteiger partial charge in [0.25, 0.3) is 5.91 Å². The SMILES string of the molecule is CCC(C)(NC(=O)c1ccc(CC#N)cc1)C(=O)O. The maximum atomic E-state index is 12.0. The lowest BCUT2D eigenvalue weighted by atomic mass is 9.98. The molecule has 0 aliphatic carbocycles. The van der Waals surface area contributed by atoms with Crippen LogP contribution in [0.1, 0.15) is 36.2 Å². The van der Waals surface area contributed by atoms with E-state index in [1.807, 2.05) is 6.07 Å². The minimum absolute atomic E-state index is 0.281. The van der Waals surface area contributed by atoms with E-state index in [1.54, 1.807) is 31.2 Å². The third-order valence-corrected chi connectivity index (χ3v) is 3.07. The molecule has 0 spiro atoms. The Morgan fingerprint density at radius 3 is 2.37 bits per heavy atom. The number of carbonyl (C=O) groups is 2. The summed E-state index contributed by atoms with van der Waals surface area (Å²) in [6, 6.07) is 8.55. The highest BCUT2D eigenvalue weighted by Gasteiger charge is 2.32. The smallest absolute Gasteiger partial charge is 0.329 e. The molecule has 1 unspecified atom stereocenters. The number of aliphatic carboxylic acids is 1. The lowest BCUT2D eigenvalue weighted by Crippen LogP contribution is -2.51. The number of carboxylic acid groups (broad SMARTS) is 1. The predicted octanol–water partition coefficient (Wildman–Crippen LogP) is 1.74. The summed E-state index contributed by atoms with van der Waals surface area (Å²) >= 11 is 0. The number of nitrogens with one attached hydrogen (secondary N) is 1. The summed E-state index contributed by atoms with van der Waals surface area (Å²) < 4.78 is 0. The average molecular weight is 260 g/mol. The Morgan fingerprint density at radius 2 is 1.95 bits per heavy atom. The van der Waals surface area contributed by atoms with Gasteiger partial charge in [-0.15, -0.1) is 0 Å². The monoisotopic (exact) mass is 260 g/mol. The Balaban J connectivity index is 2.84. The molecule has 1 aromatic carbocycles. The molecule has 0 aromatic heterocycles. The number of hydrogen-bond donors (Lipinski definition) is 2. The third-order valence-electron chi connectivity index (χ3n) is 3.07. The molecule has 1 rings (SSSR count). The number of hydrogen-bond acceptors (Lipinski definition) is 3. The summed E-state index contributed by atoms with van der Waals surface area (Å²) in [6.45, 7) is 3.17. The van der Waals surface area contributed by atoms with E-state index in [0.29, 0.717) is 12.0 Å². The molecular formula is C14H16N2O3. The van der Waals surface area contributed by atoms with Gasteiger partial charge in [0.05, 0.1) is 12.5 Å². The maximum absolute atomic E-state index is 12.0. The van der Waals surface area contributed by atoms with Crippen molar-refractivity contribution in [3.8, 4) is 6.07 Å². The van der Waals surface area contributed by atoms with Crippen molar-refractivity contribution in [3.63, 3.8) is 0 Å². The summed E-state index contributed by atoms with van der Waals surface area (Å²) in [5, 5.41) is 20.1. The van der Waals surface area contributed by atoms with Crippen molar-refractivity contribution in [3.05, 3.63) is 35.4 Å². The Kier molecular flexibility index (Phi) is 4.65. The average Bonchev–Trinajstić information content (AvgIpc) is 2.39. The fourth-order valence-electron chi connectivity index (χ4n) is 1.48. The zero-order chi connectivity index (χ0) is 14.5. The maximum Gasteiger partial charge on any atom is 0.329 e. The normalized spacial score (nSPS) is 13.1. The number of carboxylic acids is 1. The van der Waals surface area contributed by atoms with Gasteiger partial charge < -0.3 is 10.4 Å². The van der Waals surface area contributed by atoms with E-state index >= 15 is 0 Å². The first-order chi connectivity index (χ1) is 8.92. The van der Waals surface area contributed by atoms with Gasteiger partial charge in [0.15, 0.2) is 0 Å². The molecular weight excluding hydrogens is 244 g/mol. The molecule has 0 bridgehead atoms. The second kappa shape index (κ2) is 6.01. The van der Waals surface area contributed by atoms with Crippen LogP contribution in [0.3, 0.4) is 0 Å². The van der Waals surface area contributed by atoms with E-state index in [9.17, 15) is 9.59 Å². The molecule has 0 radical (unpaired) electrons. The Hall–Kier alpha value is -2.35. The van der Waals surface area contributed by atoms with Crippen LogP contribution in [0.15, 0.2) is 24.3 Å². The topological polar surface area (TPSA) is 90.2 Å². The predicted molar refractivity (Wildman–Crippen MR) is 69.6 cm³/mol. The lowest BCUT2D eigenvalue weighted by molar-refractivity contribution is -0.143. The highest BCUT2D eigenvalue weighted by Crippen LogP contribution is 2.12. The summed E-state index contributed by atoms with van der Waals surface area (Å²) in [7, 11) is 0. The van der Waals surface area contributed by atoms with Crippen LogP contribution < -0.4 is 5.32 Å². The quantitative estimate of drug-likeness (QED) is 0.843. The highest BCUT2D eigenvalue weighted by atomic mass is 16.4. The van der Waals surface area contributed by atoms with Gasteiger partial charge in [0.1, 0.15) is 5.54 Å². The summed E-state index contributed by atoms with van der Waals surface area (Å²) in [4.78, 5) is 23.1. The minimum atomic E-state index is -1.28. The first kappa shape index (κ1) is 14.7. The summed E-state index contributed by atoms with van der Waals surface area (Å²) in [6.07, 6.45) is 0.574. The van der Waals surface area contributed by atoms with E-state index in [2.05, 4.69) is 5.32 Å². The zero-order valence-corrected chi connectivity index (χ0v) is 10.9. The van der Waals surface area contributed by atoms with Gasteiger partial charge in [0.2, 0.25) is 0 Å². The highest BCUT2D eigenvalue weighted by molar-refractivity contribution is 5.97. The number of benzene rings is 1. The van der Waals surface area contributed by atoms with E-state index in [1.165, 1.54) is 6.92 Å². The molecule has 0 aliphatic heterocycles. The van der Waals surface area contributed by atoms with Gasteiger partial charge in [-0.05, 0) is 31.0 Å². The lowest BCUT2D eigenvalue weighted by Gasteiger charge is -2.24. The van der Waals surface area contributed by atoms with E-state index < -0.39 is 17.4 Å². The van der Waals surface area contributed by atoms with Gasteiger partial charge in [-0.1, -0.05) is 19.1 Å². The van der Waals surface area contributed by atoms with E-state index in [-0.39, 0.29) is 6.42 Å². The second-order valence-electron chi connectivity index (χ2n) is 4.48. The van der Waals surface area contributed by atoms with E-state index in [4.69, 9.17) is 10.4 Å². The van der Waals surface area contributed by atoms with Crippen LogP contribution in [-0.2, 0) is 11.2 Å². The first-order valence-electron chi connectivity index (χ1n) is 5.94. The summed E-state index contributed by atoms with van der Waals surface area (Å²) in [5.41, 5.74) is -0.0827. The number of rotatable bonds is 5. The molecule has 0 saturated heterocycles. The van der Waals surface area contributed by atoms with Crippen LogP contribution in [0, 0.1) is 11.3 Å². The van der Waals surface area contributed by atoms with Crippen molar-refractivity contribution in [2.24, 2.45) is 0 Å². The van der Waals surface area contributed by atoms with Crippen molar-refractivity contribution >= 4 is 11.9 Å². The van der Waals surface area contributed by atoms with Crippen LogP contribution >= 0.6 is 0 Å². The van der Waals surface area contributed by atoms with Crippen LogP contribution in [0.2, 0.25) is 0 Å². The molecule has 5 nitrogen and oxygen atoms in total. The molecule has 0 fully saturated rings. The van der Waals surface area contributed by atoms with Crippen LogP contribution in [-0.4, -0.2) is 22.5 Å². The molecule has 2 N–H and O–H groups in total. The zero-order valence-electron chi connectivity index (χ0n) is 10.9. The Labute approximate surface area is 111 Å². The van der Waals surface area contributed by atoms with Gasteiger partial charge in [-0.3, -0.25) is 4.79 Å². The number of nitrogens with zero attached hydrogens (tertiary/aromatic N) is 1. The molecule has 0 saturated carbocycles. The number of carbonyl (C=O) groups excluding carboxylic acids is 1. The van der Waals surface area contributed by atoms with Gasteiger partial charge in [-0.25, -0.2) is 4.79 Å². The van der Waals surface area contributed by atoms with Crippen LogP contribution in [0.25, 0.3) is 0 Å². The molecule has 19 heavy (non-hydrogen) atoms. The second-order valence-corrected chi connectivity index (χ2v) is 4.48.